The molecule has 0 radical (unpaired) electrons. The van der Waals surface area contributed by atoms with Crippen LogP contribution in [-0.4, -0.2) is 37.6 Å². The molecule has 3 aromatic rings. The van der Waals surface area contributed by atoms with E-state index >= 15 is 0 Å². The molecule has 3 aromatic carbocycles. The minimum atomic E-state index is -3.69. The van der Waals surface area contributed by atoms with E-state index < -0.39 is 15.9 Å². The number of anilines is 2. The molecule has 2 amide bonds. The van der Waals surface area contributed by atoms with Gasteiger partial charge in [-0.05, 0) is 67.4 Å². The summed E-state index contributed by atoms with van der Waals surface area (Å²) in [4.78, 5) is 25.2. The molecule has 1 fully saturated rings. The molecule has 9 heteroatoms. The molecule has 176 valence electrons. The molecule has 7 nitrogen and oxygen atoms in total. The van der Waals surface area contributed by atoms with Gasteiger partial charge in [0.15, 0.2) is 0 Å². The van der Waals surface area contributed by atoms with Gasteiger partial charge in [0.2, 0.25) is 10.0 Å². The third kappa shape index (κ3) is 5.47. The lowest BCUT2D eigenvalue weighted by Gasteiger charge is -2.26. The largest absolute Gasteiger partial charge is 0.322 e. The van der Waals surface area contributed by atoms with E-state index in [1.54, 1.807) is 48.5 Å². The quantitative estimate of drug-likeness (QED) is 0.500. The van der Waals surface area contributed by atoms with Crippen molar-refractivity contribution in [2.45, 2.75) is 24.2 Å². The number of piperidine rings is 1. The predicted molar refractivity (Wildman–Crippen MR) is 133 cm³/mol. The number of benzene rings is 3. The maximum absolute atomic E-state index is 13.0. The van der Waals surface area contributed by atoms with E-state index in [1.807, 2.05) is 6.07 Å². The predicted octanol–water partition coefficient (Wildman–Crippen LogP) is 5.02. The van der Waals surface area contributed by atoms with Gasteiger partial charge in [0.1, 0.15) is 0 Å². The van der Waals surface area contributed by atoms with E-state index in [0.717, 1.165) is 19.3 Å². The second-order valence-electron chi connectivity index (χ2n) is 7.96. The zero-order valence-electron chi connectivity index (χ0n) is 18.3. The van der Waals surface area contributed by atoms with Crippen LogP contribution < -0.4 is 10.6 Å². The number of hydrogen-bond acceptors (Lipinski definition) is 4. The Kier molecular flexibility index (Phi) is 7.31. The smallest absolute Gasteiger partial charge is 0.257 e. The van der Waals surface area contributed by atoms with Gasteiger partial charge in [0, 0.05) is 30.0 Å². The molecule has 4 rings (SSSR count). The topological polar surface area (TPSA) is 95.6 Å². The number of hydrogen-bond donors (Lipinski definition) is 2. The van der Waals surface area contributed by atoms with Crippen molar-refractivity contribution >= 4 is 44.8 Å². The summed E-state index contributed by atoms with van der Waals surface area (Å²) in [6.45, 7) is 0.944. The number of rotatable bonds is 6. The number of carbonyl (C=O) groups excluding carboxylic acids is 2. The van der Waals surface area contributed by atoms with E-state index in [0.29, 0.717) is 30.0 Å². The van der Waals surface area contributed by atoms with Crippen molar-refractivity contribution in [1.82, 2.24) is 4.31 Å². The van der Waals surface area contributed by atoms with Gasteiger partial charge in [0.25, 0.3) is 11.8 Å². The molecule has 34 heavy (non-hydrogen) atoms. The number of carbonyl (C=O) groups is 2. The number of nitrogens with one attached hydrogen (secondary N) is 2. The summed E-state index contributed by atoms with van der Waals surface area (Å²) < 4.78 is 27.4. The van der Waals surface area contributed by atoms with Crippen LogP contribution in [0.15, 0.2) is 77.7 Å². The van der Waals surface area contributed by atoms with Gasteiger partial charge in [0.05, 0.1) is 15.5 Å². The van der Waals surface area contributed by atoms with Gasteiger partial charge in [-0.3, -0.25) is 9.59 Å². The number of amides is 2. The summed E-state index contributed by atoms with van der Waals surface area (Å²) in [6.07, 6.45) is 2.65. The molecule has 0 bridgehead atoms. The van der Waals surface area contributed by atoms with E-state index in [2.05, 4.69) is 10.6 Å². The van der Waals surface area contributed by atoms with Gasteiger partial charge in [-0.2, -0.15) is 4.31 Å². The lowest BCUT2D eigenvalue weighted by atomic mass is 10.2. The highest BCUT2D eigenvalue weighted by Crippen LogP contribution is 2.26. The van der Waals surface area contributed by atoms with Crippen LogP contribution in [0.2, 0.25) is 5.02 Å². The first-order valence-electron chi connectivity index (χ1n) is 10.9. The number of sulfonamides is 1. The molecule has 1 saturated heterocycles. The summed E-state index contributed by atoms with van der Waals surface area (Å²) in [5.74, 6) is -0.766. The van der Waals surface area contributed by atoms with Gasteiger partial charge in [-0.25, -0.2) is 8.42 Å². The van der Waals surface area contributed by atoms with Crippen LogP contribution in [0.25, 0.3) is 0 Å². The second-order valence-corrected chi connectivity index (χ2v) is 10.3. The van der Waals surface area contributed by atoms with E-state index in [-0.39, 0.29) is 21.4 Å². The Morgan fingerprint density at radius 3 is 1.97 bits per heavy atom. The molecule has 0 spiro atoms. The van der Waals surface area contributed by atoms with Crippen molar-refractivity contribution in [2.24, 2.45) is 0 Å². The highest BCUT2D eigenvalue weighted by molar-refractivity contribution is 7.89. The molecule has 0 atom stereocenters. The Bertz CT molecular complexity index is 1290. The van der Waals surface area contributed by atoms with Crippen molar-refractivity contribution in [3.63, 3.8) is 0 Å². The minimum Gasteiger partial charge on any atom is -0.322 e. The van der Waals surface area contributed by atoms with Crippen LogP contribution in [-0.2, 0) is 10.0 Å². The third-order valence-electron chi connectivity index (χ3n) is 5.57. The molecule has 0 aliphatic carbocycles. The van der Waals surface area contributed by atoms with Crippen molar-refractivity contribution < 1.29 is 18.0 Å². The van der Waals surface area contributed by atoms with Crippen molar-refractivity contribution in [3.05, 3.63) is 88.9 Å². The molecule has 2 N–H and O–H groups in total. The third-order valence-corrected chi connectivity index (χ3v) is 7.80. The molecule has 1 heterocycles. The van der Waals surface area contributed by atoms with E-state index in [1.165, 1.54) is 22.5 Å². The van der Waals surface area contributed by atoms with Crippen molar-refractivity contribution in [1.29, 1.82) is 0 Å². The fraction of sp³-hybridized carbons (Fsp3) is 0.200. The fourth-order valence-corrected chi connectivity index (χ4v) is 5.47. The Hall–Kier alpha value is -3.20. The first-order valence-corrected chi connectivity index (χ1v) is 12.7. The molecular formula is C25H24ClN3O4S. The molecule has 0 unspecified atom stereocenters. The van der Waals surface area contributed by atoms with Crippen LogP contribution >= 0.6 is 11.6 Å². The standard InChI is InChI=1S/C25H24ClN3O4S/c26-23-14-13-21(34(32,33)29-15-5-2-6-16-29)17-22(23)25(31)28-20-11-9-19(10-12-20)27-24(30)18-7-3-1-4-8-18/h1,3-4,7-14,17H,2,5-6,15-16H2,(H,27,30)(H,28,31). The summed E-state index contributed by atoms with van der Waals surface area (Å²) in [5, 5.41) is 5.67. The summed E-state index contributed by atoms with van der Waals surface area (Å²) in [6, 6.07) is 19.6. The zero-order chi connectivity index (χ0) is 24.1. The Labute approximate surface area is 203 Å². The van der Waals surface area contributed by atoms with Gasteiger partial charge in [-0.15, -0.1) is 0 Å². The van der Waals surface area contributed by atoms with Crippen LogP contribution in [0, 0.1) is 0 Å². The van der Waals surface area contributed by atoms with Crippen molar-refractivity contribution in [3.8, 4) is 0 Å². The van der Waals surface area contributed by atoms with Crippen LogP contribution in [0.1, 0.15) is 40.0 Å². The molecule has 0 saturated carbocycles. The molecule has 1 aliphatic heterocycles. The Balaban J connectivity index is 1.46. The highest BCUT2D eigenvalue weighted by atomic mass is 35.5. The average Bonchev–Trinajstić information content (AvgIpc) is 2.86. The molecular weight excluding hydrogens is 474 g/mol. The fourth-order valence-electron chi connectivity index (χ4n) is 3.72. The lowest BCUT2D eigenvalue weighted by Crippen LogP contribution is -2.35. The van der Waals surface area contributed by atoms with Crippen molar-refractivity contribution in [2.75, 3.05) is 23.7 Å². The maximum atomic E-state index is 13.0. The van der Waals surface area contributed by atoms with E-state index in [9.17, 15) is 18.0 Å². The first-order chi connectivity index (χ1) is 16.3. The summed E-state index contributed by atoms with van der Waals surface area (Å²) >= 11 is 6.22. The summed E-state index contributed by atoms with van der Waals surface area (Å²) in [5.41, 5.74) is 1.65. The summed E-state index contributed by atoms with van der Waals surface area (Å²) in [7, 11) is -3.69. The van der Waals surface area contributed by atoms with Gasteiger partial charge in [-0.1, -0.05) is 36.2 Å². The zero-order valence-corrected chi connectivity index (χ0v) is 19.9. The maximum Gasteiger partial charge on any atom is 0.257 e. The van der Waals surface area contributed by atoms with Crippen LogP contribution in [0.5, 0.6) is 0 Å². The molecule has 0 aromatic heterocycles. The number of halogens is 1. The lowest BCUT2D eigenvalue weighted by molar-refractivity contribution is 0.101. The van der Waals surface area contributed by atoms with Gasteiger partial charge < -0.3 is 10.6 Å². The van der Waals surface area contributed by atoms with Crippen LogP contribution in [0.3, 0.4) is 0 Å². The van der Waals surface area contributed by atoms with E-state index in [4.69, 9.17) is 11.6 Å². The Morgan fingerprint density at radius 2 is 1.35 bits per heavy atom. The Morgan fingerprint density at radius 1 is 0.765 bits per heavy atom. The average molecular weight is 498 g/mol. The second kappa shape index (κ2) is 10.4. The molecule has 1 aliphatic rings. The number of nitrogens with zero attached hydrogens (tertiary/aromatic N) is 1. The minimum absolute atomic E-state index is 0.0444. The van der Waals surface area contributed by atoms with Crippen LogP contribution in [0.4, 0.5) is 11.4 Å². The van der Waals surface area contributed by atoms with Gasteiger partial charge >= 0.3 is 0 Å². The monoisotopic (exact) mass is 497 g/mol. The first kappa shape index (κ1) is 23.9. The normalized spacial score (nSPS) is 14.4. The highest BCUT2D eigenvalue weighted by Gasteiger charge is 2.27. The SMILES string of the molecule is O=C(Nc1ccc(NC(=O)c2cc(S(=O)(=O)N3CCCCC3)ccc2Cl)cc1)c1ccccc1.